The first-order chi connectivity index (χ1) is 10.3. The molecule has 1 aromatic heterocycles. The normalized spacial score (nSPS) is 10.0. The summed E-state index contributed by atoms with van der Waals surface area (Å²) in [6, 6.07) is 17.3. The molecule has 0 fully saturated rings. The molecule has 0 unspecified atom stereocenters. The molecular formula is C15H9N3O3. The van der Waals surface area contributed by atoms with Crippen LogP contribution in [0.1, 0.15) is 5.56 Å². The zero-order chi connectivity index (χ0) is 14.7. The summed E-state index contributed by atoms with van der Waals surface area (Å²) in [7, 11) is 0. The molecule has 0 atom stereocenters. The van der Waals surface area contributed by atoms with Crippen molar-refractivity contribution < 1.29 is 9.15 Å². The number of hydrogen-bond donors (Lipinski definition) is 0. The summed E-state index contributed by atoms with van der Waals surface area (Å²) >= 11 is 0. The lowest BCUT2D eigenvalue weighted by atomic mass is 10.2. The summed E-state index contributed by atoms with van der Waals surface area (Å²) in [5.41, 5.74) is 0.988. The van der Waals surface area contributed by atoms with Crippen LogP contribution in [0, 0.1) is 11.3 Å². The monoisotopic (exact) mass is 279 g/mol. The van der Waals surface area contributed by atoms with E-state index in [0.29, 0.717) is 17.0 Å². The van der Waals surface area contributed by atoms with E-state index in [0.717, 1.165) is 4.68 Å². The summed E-state index contributed by atoms with van der Waals surface area (Å²) in [6.07, 6.45) is -0.143. The Morgan fingerprint density at radius 3 is 2.48 bits per heavy atom. The average Bonchev–Trinajstić information content (AvgIpc) is 2.89. The smallest absolute Gasteiger partial charge is 0.410 e. The lowest BCUT2D eigenvalue weighted by molar-refractivity contribution is 0.320. The van der Waals surface area contributed by atoms with Gasteiger partial charge in [0.25, 0.3) is 0 Å². The summed E-state index contributed by atoms with van der Waals surface area (Å²) in [6.45, 7) is 0. The number of ether oxygens (including phenoxy) is 1. The molecule has 0 N–H and O–H groups in total. The van der Waals surface area contributed by atoms with Gasteiger partial charge in [0.05, 0.1) is 17.3 Å². The summed E-state index contributed by atoms with van der Waals surface area (Å²) < 4.78 is 11.4. The van der Waals surface area contributed by atoms with Gasteiger partial charge in [0.2, 0.25) is 0 Å². The van der Waals surface area contributed by atoms with Gasteiger partial charge in [-0.15, -0.1) is 0 Å². The minimum absolute atomic E-state index is 0.143. The number of para-hydroxylation sites is 1. The second-order valence-electron chi connectivity index (χ2n) is 4.12. The molecule has 0 aliphatic heterocycles. The van der Waals surface area contributed by atoms with Gasteiger partial charge in [0.15, 0.2) is 0 Å². The topological polar surface area (TPSA) is 81.1 Å². The fourth-order valence-electron chi connectivity index (χ4n) is 1.73. The third-order valence-electron chi connectivity index (χ3n) is 2.72. The predicted octanol–water partition coefficient (Wildman–Crippen LogP) is 2.49. The van der Waals surface area contributed by atoms with E-state index in [-0.39, 0.29) is 6.08 Å². The average molecular weight is 279 g/mol. The van der Waals surface area contributed by atoms with E-state index < -0.39 is 5.76 Å². The van der Waals surface area contributed by atoms with Gasteiger partial charge >= 0.3 is 11.8 Å². The van der Waals surface area contributed by atoms with Gasteiger partial charge in [0.1, 0.15) is 5.75 Å². The van der Waals surface area contributed by atoms with Crippen molar-refractivity contribution in [1.82, 2.24) is 9.78 Å². The second kappa shape index (κ2) is 5.35. The van der Waals surface area contributed by atoms with Crippen molar-refractivity contribution in [3.05, 3.63) is 70.7 Å². The van der Waals surface area contributed by atoms with Crippen molar-refractivity contribution in [2.75, 3.05) is 0 Å². The Kier molecular flexibility index (Phi) is 3.23. The number of nitriles is 1. The van der Waals surface area contributed by atoms with Crippen LogP contribution in [0.4, 0.5) is 0 Å². The van der Waals surface area contributed by atoms with Crippen molar-refractivity contribution in [3.8, 4) is 23.6 Å². The molecule has 3 aromatic rings. The van der Waals surface area contributed by atoms with Crippen LogP contribution in [0.25, 0.3) is 5.69 Å². The lowest BCUT2D eigenvalue weighted by Gasteiger charge is -1.98. The maximum atomic E-state index is 11.8. The van der Waals surface area contributed by atoms with Gasteiger partial charge in [-0.05, 0) is 36.4 Å². The summed E-state index contributed by atoms with van der Waals surface area (Å²) in [5, 5.41) is 12.7. The Morgan fingerprint density at radius 2 is 1.81 bits per heavy atom. The number of aromatic nitrogens is 2. The zero-order valence-corrected chi connectivity index (χ0v) is 10.8. The molecule has 0 bridgehead atoms. The first kappa shape index (κ1) is 12.7. The van der Waals surface area contributed by atoms with Gasteiger partial charge in [-0.2, -0.15) is 9.94 Å². The molecule has 0 saturated carbocycles. The van der Waals surface area contributed by atoms with E-state index in [1.807, 2.05) is 12.1 Å². The van der Waals surface area contributed by atoms with Crippen LogP contribution in [-0.2, 0) is 0 Å². The van der Waals surface area contributed by atoms with Crippen LogP contribution in [0.3, 0.4) is 0 Å². The number of benzene rings is 2. The predicted molar refractivity (Wildman–Crippen MR) is 73.3 cm³/mol. The van der Waals surface area contributed by atoms with E-state index in [9.17, 15) is 4.79 Å². The van der Waals surface area contributed by atoms with E-state index in [1.54, 1.807) is 48.5 Å². The third kappa shape index (κ3) is 2.67. The highest BCUT2D eigenvalue weighted by Gasteiger charge is 2.11. The number of rotatable bonds is 3. The Balaban J connectivity index is 1.91. The van der Waals surface area contributed by atoms with Crippen molar-refractivity contribution in [1.29, 1.82) is 5.26 Å². The van der Waals surface area contributed by atoms with Crippen molar-refractivity contribution in [2.24, 2.45) is 0 Å². The number of hydrogen-bond acceptors (Lipinski definition) is 5. The van der Waals surface area contributed by atoms with Gasteiger partial charge < -0.3 is 9.15 Å². The molecule has 3 rings (SSSR count). The highest BCUT2D eigenvalue weighted by Crippen LogP contribution is 2.18. The standard InChI is InChI=1S/C15H9N3O3/c16-10-11-6-8-12(9-7-11)18-15(19)21-14(17-18)20-13-4-2-1-3-5-13/h1-9H. The lowest BCUT2D eigenvalue weighted by Crippen LogP contribution is -2.13. The molecule has 6 heteroatoms. The minimum atomic E-state index is -0.661. The van der Waals surface area contributed by atoms with Crippen molar-refractivity contribution in [3.63, 3.8) is 0 Å². The van der Waals surface area contributed by atoms with Crippen LogP contribution in [0.15, 0.2) is 63.8 Å². The molecule has 0 saturated heterocycles. The first-order valence-corrected chi connectivity index (χ1v) is 6.10. The minimum Gasteiger partial charge on any atom is -0.410 e. The van der Waals surface area contributed by atoms with Crippen molar-refractivity contribution in [2.45, 2.75) is 0 Å². The largest absolute Gasteiger partial charge is 0.444 e. The molecule has 0 aliphatic carbocycles. The Bertz CT molecular complexity index is 842. The van der Waals surface area contributed by atoms with Crippen molar-refractivity contribution >= 4 is 0 Å². The fourth-order valence-corrected chi connectivity index (χ4v) is 1.73. The second-order valence-corrected chi connectivity index (χ2v) is 4.12. The molecule has 2 aromatic carbocycles. The molecule has 0 radical (unpaired) electrons. The highest BCUT2D eigenvalue weighted by molar-refractivity contribution is 5.38. The van der Waals surface area contributed by atoms with Gasteiger partial charge in [-0.1, -0.05) is 23.3 Å². The van der Waals surface area contributed by atoms with Gasteiger partial charge in [0, 0.05) is 0 Å². The summed E-state index contributed by atoms with van der Waals surface area (Å²) in [4.78, 5) is 11.8. The molecule has 0 spiro atoms. The molecule has 102 valence electrons. The molecule has 0 amide bonds. The molecular weight excluding hydrogens is 270 g/mol. The Morgan fingerprint density at radius 1 is 1.10 bits per heavy atom. The van der Waals surface area contributed by atoms with E-state index in [1.165, 1.54) is 0 Å². The third-order valence-corrected chi connectivity index (χ3v) is 2.72. The van der Waals surface area contributed by atoms with Crippen LogP contribution in [0.2, 0.25) is 0 Å². The van der Waals surface area contributed by atoms with E-state index >= 15 is 0 Å². The highest BCUT2D eigenvalue weighted by atomic mass is 16.6. The molecule has 6 nitrogen and oxygen atoms in total. The first-order valence-electron chi connectivity index (χ1n) is 6.10. The van der Waals surface area contributed by atoms with Crippen LogP contribution in [-0.4, -0.2) is 9.78 Å². The van der Waals surface area contributed by atoms with E-state index in [4.69, 9.17) is 14.4 Å². The number of nitrogens with zero attached hydrogens (tertiary/aromatic N) is 3. The van der Waals surface area contributed by atoms with Gasteiger partial charge in [-0.3, -0.25) is 0 Å². The SMILES string of the molecule is N#Cc1ccc(-n2nc(Oc3ccccc3)oc2=O)cc1. The summed E-state index contributed by atoms with van der Waals surface area (Å²) in [5.74, 6) is -0.142. The maximum absolute atomic E-state index is 11.8. The molecule has 21 heavy (non-hydrogen) atoms. The quantitative estimate of drug-likeness (QED) is 0.735. The maximum Gasteiger partial charge on any atom is 0.444 e. The van der Waals surface area contributed by atoms with Crippen LogP contribution in [0.5, 0.6) is 11.8 Å². The van der Waals surface area contributed by atoms with Crippen LogP contribution < -0.4 is 10.5 Å². The van der Waals surface area contributed by atoms with Crippen LogP contribution >= 0.6 is 0 Å². The fraction of sp³-hybridized carbons (Fsp3) is 0. The van der Waals surface area contributed by atoms with E-state index in [2.05, 4.69) is 5.10 Å². The Labute approximate surface area is 119 Å². The molecule has 0 aliphatic rings. The zero-order valence-electron chi connectivity index (χ0n) is 10.8. The Hall–Kier alpha value is -3.33. The molecule has 1 heterocycles. The van der Waals surface area contributed by atoms with Gasteiger partial charge in [-0.25, -0.2) is 4.79 Å².